The summed E-state index contributed by atoms with van der Waals surface area (Å²) in [6.07, 6.45) is 4.18. The molecule has 0 amide bonds. The van der Waals surface area contributed by atoms with Crippen LogP contribution >= 0.6 is 0 Å². The topological polar surface area (TPSA) is 12.9 Å². The van der Waals surface area contributed by atoms with Crippen LogP contribution < -0.4 is 0 Å². The zero-order chi connectivity index (χ0) is 9.97. The summed E-state index contributed by atoms with van der Waals surface area (Å²) >= 11 is 0. The van der Waals surface area contributed by atoms with E-state index < -0.39 is 0 Å². The summed E-state index contributed by atoms with van der Waals surface area (Å²) in [5.41, 5.74) is 3.38. The molecule has 0 spiro atoms. The van der Waals surface area contributed by atoms with E-state index in [1.165, 1.54) is 10.9 Å². The Kier molecular flexibility index (Phi) is 2.32. The van der Waals surface area contributed by atoms with E-state index in [4.69, 9.17) is 0 Å². The van der Waals surface area contributed by atoms with Gasteiger partial charge in [0, 0.05) is 11.1 Å². The molecule has 0 atom stereocenters. The van der Waals surface area contributed by atoms with Crippen molar-refractivity contribution in [1.82, 2.24) is 4.98 Å². The molecule has 0 saturated heterocycles. The van der Waals surface area contributed by atoms with E-state index >= 15 is 0 Å². The minimum atomic E-state index is 1.07. The van der Waals surface area contributed by atoms with Crippen LogP contribution in [0.4, 0.5) is 0 Å². The molecule has 0 N–H and O–H groups in total. The molecule has 0 unspecified atom stereocenters. The predicted octanol–water partition coefficient (Wildman–Crippen LogP) is 3.58. The van der Waals surface area contributed by atoms with E-state index in [2.05, 4.69) is 35.3 Å². The van der Waals surface area contributed by atoms with Crippen LogP contribution in [0.2, 0.25) is 0 Å². The summed E-state index contributed by atoms with van der Waals surface area (Å²) < 4.78 is 0. The molecule has 2 rings (SSSR count). The van der Waals surface area contributed by atoms with E-state index in [1.54, 1.807) is 0 Å². The van der Waals surface area contributed by atoms with Gasteiger partial charge in [-0.3, -0.25) is 4.98 Å². The fourth-order valence-electron chi connectivity index (χ4n) is 1.66. The number of hydrogen-bond donors (Lipinski definition) is 0. The second-order valence-electron chi connectivity index (χ2n) is 3.37. The number of benzene rings is 1. The Hall–Kier alpha value is -1.63. The average Bonchev–Trinajstić information content (AvgIpc) is 2.18. The van der Waals surface area contributed by atoms with E-state index in [0.29, 0.717) is 0 Å². The third-order valence-corrected chi connectivity index (χ3v) is 2.22. The van der Waals surface area contributed by atoms with Crippen molar-refractivity contribution in [1.29, 1.82) is 0 Å². The Morgan fingerprint density at radius 1 is 1.21 bits per heavy atom. The average molecular weight is 183 g/mol. The van der Waals surface area contributed by atoms with Crippen molar-refractivity contribution in [3.05, 3.63) is 47.7 Å². The molecule has 1 heterocycles. The molecule has 1 aromatic carbocycles. The number of rotatable bonds is 1. The molecule has 1 nitrogen and oxygen atoms in total. The van der Waals surface area contributed by atoms with E-state index in [9.17, 15) is 0 Å². The third-order valence-electron chi connectivity index (χ3n) is 2.22. The third kappa shape index (κ3) is 1.53. The fraction of sp³-hybridized carbons (Fsp3) is 0.154. The van der Waals surface area contributed by atoms with Gasteiger partial charge in [0.05, 0.1) is 5.52 Å². The van der Waals surface area contributed by atoms with Gasteiger partial charge in [-0.05, 0) is 31.5 Å². The molecule has 0 fully saturated rings. The molecule has 0 aliphatic rings. The highest BCUT2D eigenvalue weighted by Gasteiger charge is 1.99. The van der Waals surface area contributed by atoms with Crippen molar-refractivity contribution >= 4 is 17.0 Å². The maximum atomic E-state index is 4.48. The largest absolute Gasteiger partial charge is 0.253 e. The van der Waals surface area contributed by atoms with Crippen LogP contribution in [0.15, 0.2) is 36.4 Å². The van der Waals surface area contributed by atoms with Gasteiger partial charge in [-0.2, -0.15) is 0 Å². The Labute approximate surface area is 84.1 Å². The zero-order valence-corrected chi connectivity index (χ0v) is 8.49. The molecule has 0 aliphatic carbocycles. The first-order chi connectivity index (χ1) is 6.81. The fourth-order valence-corrected chi connectivity index (χ4v) is 1.66. The lowest BCUT2D eigenvalue weighted by Gasteiger charge is -2.03. The quantitative estimate of drug-likeness (QED) is 0.658. The smallest absolute Gasteiger partial charge is 0.0711 e. The monoisotopic (exact) mass is 183 g/mol. The lowest BCUT2D eigenvalue weighted by atomic mass is 10.1. The van der Waals surface area contributed by atoms with Gasteiger partial charge in [-0.15, -0.1) is 0 Å². The van der Waals surface area contributed by atoms with Gasteiger partial charge < -0.3 is 0 Å². The molecule has 1 aromatic heterocycles. The maximum Gasteiger partial charge on any atom is 0.0711 e. The summed E-state index contributed by atoms with van der Waals surface area (Å²) in [6.45, 7) is 4.06. The second kappa shape index (κ2) is 3.62. The number of aryl methyl sites for hydroxylation is 1. The van der Waals surface area contributed by atoms with Crippen LogP contribution in [-0.2, 0) is 0 Å². The van der Waals surface area contributed by atoms with Crippen molar-refractivity contribution in [2.75, 3.05) is 0 Å². The minimum Gasteiger partial charge on any atom is -0.253 e. The number of aromatic nitrogens is 1. The molecule has 0 radical (unpaired) electrons. The van der Waals surface area contributed by atoms with Gasteiger partial charge in [0.15, 0.2) is 0 Å². The summed E-state index contributed by atoms with van der Waals surface area (Å²) in [4.78, 5) is 4.48. The van der Waals surface area contributed by atoms with Crippen LogP contribution in [0.5, 0.6) is 0 Å². The molecular formula is C13H13N. The first-order valence-electron chi connectivity index (χ1n) is 4.80. The van der Waals surface area contributed by atoms with Gasteiger partial charge in [-0.1, -0.05) is 30.4 Å². The van der Waals surface area contributed by atoms with Crippen molar-refractivity contribution in [3.63, 3.8) is 0 Å². The molecule has 14 heavy (non-hydrogen) atoms. The van der Waals surface area contributed by atoms with Crippen LogP contribution in [-0.4, -0.2) is 4.98 Å². The van der Waals surface area contributed by atoms with Crippen LogP contribution in [0, 0.1) is 6.92 Å². The molecule has 2 aromatic rings. The summed E-state index contributed by atoms with van der Waals surface area (Å²) in [5.74, 6) is 0. The van der Waals surface area contributed by atoms with Crippen LogP contribution in [0.25, 0.3) is 17.0 Å². The van der Waals surface area contributed by atoms with Crippen LogP contribution in [0.1, 0.15) is 18.2 Å². The number of allylic oxidation sites excluding steroid dienone is 1. The molecule has 0 aliphatic heterocycles. The number of nitrogens with zero attached hydrogens (tertiary/aromatic N) is 1. The zero-order valence-electron chi connectivity index (χ0n) is 8.49. The summed E-state index contributed by atoms with van der Waals surface area (Å²) in [6, 6.07) is 10.3. The molecule has 70 valence electrons. The number of pyridine rings is 1. The Morgan fingerprint density at radius 2 is 2.00 bits per heavy atom. The highest BCUT2D eigenvalue weighted by molar-refractivity contribution is 5.87. The lowest BCUT2D eigenvalue weighted by molar-refractivity contribution is 1.25. The van der Waals surface area contributed by atoms with E-state index in [1.807, 2.05) is 26.0 Å². The van der Waals surface area contributed by atoms with E-state index in [0.717, 1.165) is 11.2 Å². The van der Waals surface area contributed by atoms with Crippen LogP contribution in [0.3, 0.4) is 0 Å². The highest BCUT2D eigenvalue weighted by atomic mass is 14.7. The van der Waals surface area contributed by atoms with Gasteiger partial charge in [0.25, 0.3) is 0 Å². The highest BCUT2D eigenvalue weighted by Crippen LogP contribution is 2.19. The van der Waals surface area contributed by atoms with Crippen molar-refractivity contribution in [2.24, 2.45) is 0 Å². The van der Waals surface area contributed by atoms with Crippen molar-refractivity contribution in [3.8, 4) is 0 Å². The standard InChI is InChI=1S/C13H13N/c1-3-6-11-9-10(2)14-13-8-5-4-7-12(11)13/h3-9H,1-2H3. The number of hydrogen-bond acceptors (Lipinski definition) is 1. The first kappa shape index (κ1) is 8.95. The number of para-hydroxylation sites is 1. The maximum absolute atomic E-state index is 4.48. The molecule has 1 heteroatoms. The Bertz CT molecular complexity index is 484. The van der Waals surface area contributed by atoms with E-state index in [-0.39, 0.29) is 0 Å². The molecular weight excluding hydrogens is 170 g/mol. The number of fused-ring (bicyclic) bond motifs is 1. The summed E-state index contributed by atoms with van der Waals surface area (Å²) in [5, 5.41) is 1.22. The normalized spacial score (nSPS) is 11.3. The lowest BCUT2D eigenvalue weighted by Crippen LogP contribution is -1.86. The minimum absolute atomic E-state index is 1.07. The van der Waals surface area contributed by atoms with Gasteiger partial charge in [0.1, 0.15) is 0 Å². The first-order valence-corrected chi connectivity index (χ1v) is 4.80. The molecule has 0 bridgehead atoms. The van der Waals surface area contributed by atoms with Crippen molar-refractivity contribution in [2.45, 2.75) is 13.8 Å². The van der Waals surface area contributed by atoms with Crippen molar-refractivity contribution < 1.29 is 0 Å². The SMILES string of the molecule is CC=Cc1cc(C)nc2ccccc12. The second-order valence-corrected chi connectivity index (χ2v) is 3.37. The van der Waals surface area contributed by atoms with Gasteiger partial charge >= 0.3 is 0 Å². The predicted molar refractivity (Wildman–Crippen MR) is 61.2 cm³/mol. The molecule has 0 saturated carbocycles. The Morgan fingerprint density at radius 3 is 2.79 bits per heavy atom. The van der Waals surface area contributed by atoms with Gasteiger partial charge in [0.2, 0.25) is 0 Å². The van der Waals surface area contributed by atoms with Gasteiger partial charge in [-0.25, -0.2) is 0 Å². The Balaban J connectivity index is 2.79. The summed E-state index contributed by atoms with van der Waals surface area (Å²) in [7, 11) is 0.